The molecule has 0 bridgehead atoms. The SMILES string of the molecule is C#CC#CC#CC#CCCCCOS(=O)(=O)c1ccc(C)cc1. The smallest absolute Gasteiger partial charge is 0.266 e. The number of aryl methyl sites for hydroxylation is 1. The fourth-order valence-electron chi connectivity index (χ4n) is 1.49. The van der Waals surface area contributed by atoms with E-state index < -0.39 is 10.1 Å². The van der Waals surface area contributed by atoms with Gasteiger partial charge in [0, 0.05) is 6.42 Å². The van der Waals surface area contributed by atoms with Crippen molar-refractivity contribution in [1.82, 2.24) is 0 Å². The van der Waals surface area contributed by atoms with Gasteiger partial charge in [0.2, 0.25) is 0 Å². The molecule has 0 spiro atoms. The summed E-state index contributed by atoms with van der Waals surface area (Å²) in [7, 11) is -3.68. The van der Waals surface area contributed by atoms with Gasteiger partial charge in [-0.3, -0.25) is 4.18 Å². The van der Waals surface area contributed by atoms with E-state index in [2.05, 4.69) is 41.4 Å². The number of terminal acetylenes is 1. The average Bonchev–Trinajstić information content (AvgIpc) is 2.53. The second-order valence-corrected chi connectivity index (χ2v) is 6.11. The van der Waals surface area contributed by atoms with Crippen molar-refractivity contribution in [2.24, 2.45) is 0 Å². The normalized spacial score (nSPS) is 9.22. The summed E-state index contributed by atoms with van der Waals surface area (Å²) < 4.78 is 28.8. The van der Waals surface area contributed by atoms with Gasteiger partial charge in [-0.1, -0.05) is 23.6 Å². The predicted molar refractivity (Wildman–Crippen MR) is 90.3 cm³/mol. The standard InChI is InChI=1S/C19H16O3S/c1-3-4-5-6-7-8-9-10-11-12-17-22-23(20,21)19-15-13-18(2)14-16-19/h1,13-16H,10-12,17H2,2H3. The van der Waals surface area contributed by atoms with E-state index in [4.69, 9.17) is 10.6 Å². The highest BCUT2D eigenvalue weighted by Crippen LogP contribution is 2.13. The Bertz CT molecular complexity index is 837. The molecule has 0 aromatic heterocycles. The average molecular weight is 324 g/mol. The highest BCUT2D eigenvalue weighted by atomic mass is 32.2. The number of rotatable bonds is 6. The minimum atomic E-state index is -3.68. The molecule has 0 N–H and O–H groups in total. The molecule has 1 rings (SSSR count). The van der Waals surface area contributed by atoms with Crippen LogP contribution in [0.15, 0.2) is 29.2 Å². The first-order chi connectivity index (χ1) is 11.1. The molecule has 0 amide bonds. The number of benzene rings is 1. The molecule has 23 heavy (non-hydrogen) atoms. The molecule has 116 valence electrons. The lowest BCUT2D eigenvalue weighted by Gasteiger charge is -2.05. The van der Waals surface area contributed by atoms with E-state index in [1.54, 1.807) is 12.1 Å². The highest BCUT2D eigenvalue weighted by molar-refractivity contribution is 7.86. The van der Waals surface area contributed by atoms with Gasteiger partial charge in [-0.05, 0) is 67.4 Å². The van der Waals surface area contributed by atoms with Gasteiger partial charge >= 0.3 is 0 Å². The van der Waals surface area contributed by atoms with Crippen LogP contribution in [0.2, 0.25) is 0 Å². The van der Waals surface area contributed by atoms with Crippen LogP contribution in [0.25, 0.3) is 0 Å². The summed E-state index contributed by atoms with van der Waals surface area (Å²) in [6.45, 7) is 2.03. The first-order valence-corrected chi connectivity index (χ1v) is 8.36. The molecular formula is C19H16O3S. The van der Waals surface area contributed by atoms with Crippen LogP contribution in [-0.2, 0) is 14.3 Å². The van der Waals surface area contributed by atoms with Crippen molar-refractivity contribution < 1.29 is 12.6 Å². The zero-order valence-corrected chi connectivity index (χ0v) is 13.7. The Morgan fingerprint density at radius 2 is 1.65 bits per heavy atom. The molecular weight excluding hydrogens is 308 g/mol. The molecule has 4 heteroatoms. The molecule has 0 saturated carbocycles. The summed E-state index contributed by atoms with van der Waals surface area (Å²) in [6.07, 6.45) is 6.88. The molecule has 0 saturated heterocycles. The van der Waals surface area contributed by atoms with Crippen LogP contribution in [0.3, 0.4) is 0 Å². The van der Waals surface area contributed by atoms with Crippen LogP contribution >= 0.6 is 0 Å². The fraction of sp³-hybridized carbons (Fsp3) is 0.263. The summed E-state index contributed by atoms with van der Waals surface area (Å²) in [6, 6.07) is 6.55. The maximum atomic E-state index is 11.9. The molecule has 1 aromatic carbocycles. The fourth-order valence-corrected chi connectivity index (χ4v) is 2.44. The lowest BCUT2D eigenvalue weighted by molar-refractivity contribution is 0.309. The van der Waals surface area contributed by atoms with Crippen molar-refractivity contribution in [3.8, 4) is 47.9 Å². The highest BCUT2D eigenvalue weighted by Gasteiger charge is 2.13. The third-order valence-corrected chi connectivity index (χ3v) is 3.98. The third-order valence-electron chi connectivity index (χ3n) is 2.65. The van der Waals surface area contributed by atoms with Gasteiger partial charge in [0.15, 0.2) is 0 Å². The van der Waals surface area contributed by atoms with Gasteiger partial charge in [-0.2, -0.15) is 8.42 Å². The molecule has 0 aliphatic rings. The van der Waals surface area contributed by atoms with Crippen molar-refractivity contribution in [2.45, 2.75) is 31.1 Å². The lowest BCUT2D eigenvalue weighted by atomic mass is 10.2. The van der Waals surface area contributed by atoms with Crippen molar-refractivity contribution in [3.63, 3.8) is 0 Å². The van der Waals surface area contributed by atoms with Crippen LogP contribution in [0, 0.1) is 54.8 Å². The molecule has 0 unspecified atom stereocenters. The third kappa shape index (κ3) is 7.80. The molecule has 0 heterocycles. The van der Waals surface area contributed by atoms with Crippen LogP contribution in [-0.4, -0.2) is 15.0 Å². The van der Waals surface area contributed by atoms with E-state index in [-0.39, 0.29) is 11.5 Å². The molecule has 0 radical (unpaired) electrons. The zero-order chi connectivity index (χ0) is 17.0. The second-order valence-electron chi connectivity index (χ2n) is 4.49. The Hall–Kier alpha value is -2.63. The largest absolute Gasteiger partial charge is 0.296 e. The van der Waals surface area contributed by atoms with Gasteiger partial charge in [-0.25, -0.2) is 0 Å². The first-order valence-electron chi connectivity index (χ1n) is 6.96. The Morgan fingerprint density at radius 1 is 1.00 bits per heavy atom. The van der Waals surface area contributed by atoms with Gasteiger partial charge in [0.1, 0.15) is 0 Å². The van der Waals surface area contributed by atoms with Crippen molar-refractivity contribution in [1.29, 1.82) is 0 Å². The molecule has 3 nitrogen and oxygen atoms in total. The Morgan fingerprint density at radius 3 is 2.35 bits per heavy atom. The Labute approximate surface area is 138 Å². The van der Waals surface area contributed by atoms with E-state index in [0.29, 0.717) is 12.8 Å². The summed E-state index contributed by atoms with van der Waals surface area (Å²) in [5, 5.41) is 0. The van der Waals surface area contributed by atoms with Crippen molar-refractivity contribution in [2.75, 3.05) is 6.61 Å². The number of hydrogen-bond donors (Lipinski definition) is 0. The maximum Gasteiger partial charge on any atom is 0.296 e. The first kappa shape index (κ1) is 18.4. The van der Waals surface area contributed by atoms with Gasteiger partial charge in [0.25, 0.3) is 10.1 Å². The summed E-state index contributed by atoms with van der Waals surface area (Å²) in [4.78, 5) is 0.172. The predicted octanol–water partition coefficient (Wildman–Crippen LogP) is 2.51. The summed E-state index contributed by atoms with van der Waals surface area (Å²) >= 11 is 0. The topological polar surface area (TPSA) is 43.4 Å². The maximum absolute atomic E-state index is 11.9. The Balaban J connectivity index is 2.29. The zero-order valence-electron chi connectivity index (χ0n) is 12.8. The summed E-state index contributed by atoms with van der Waals surface area (Å²) in [5.74, 6) is 17.5. The van der Waals surface area contributed by atoms with Gasteiger partial charge in [0.05, 0.1) is 11.5 Å². The quantitative estimate of drug-likeness (QED) is 0.459. The Kier molecular flexibility index (Phi) is 8.13. The minimum Gasteiger partial charge on any atom is -0.266 e. The van der Waals surface area contributed by atoms with Crippen LogP contribution in [0.4, 0.5) is 0 Å². The molecule has 1 aromatic rings. The van der Waals surface area contributed by atoms with Crippen LogP contribution < -0.4 is 0 Å². The van der Waals surface area contributed by atoms with Gasteiger partial charge < -0.3 is 0 Å². The monoisotopic (exact) mass is 324 g/mol. The molecule has 0 aliphatic heterocycles. The van der Waals surface area contributed by atoms with E-state index in [1.807, 2.05) is 6.92 Å². The molecule has 0 fully saturated rings. The number of unbranched alkanes of at least 4 members (excludes halogenated alkanes) is 2. The molecule has 0 atom stereocenters. The molecule has 0 aliphatic carbocycles. The lowest BCUT2D eigenvalue weighted by Crippen LogP contribution is -2.07. The number of hydrogen-bond acceptors (Lipinski definition) is 3. The van der Waals surface area contributed by atoms with E-state index in [0.717, 1.165) is 12.0 Å². The minimum absolute atomic E-state index is 0.136. The van der Waals surface area contributed by atoms with E-state index >= 15 is 0 Å². The van der Waals surface area contributed by atoms with E-state index in [9.17, 15) is 8.42 Å². The van der Waals surface area contributed by atoms with Gasteiger partial charge in [-0.15, -0.1) is 6.42 Å². The van der Waals surface area contributed by atoms with Crippen molar-refractivity contribution >= 4 is 10.1 Å². The van der Waals surface area contributed by atoms with Crippen LogP contribution in [0.5, 0.6) is 0 Å². The second kappa shape index (κ2) is 10.2. The van der Waals surface area contributed by atoms with Crippen LogP contribution in [0.1, 0.15) is 24.8 Å². The summed E-state index contributed by atoms with van der Waals surface area (Å²) in [5.41, 5.74) is 0.996. The van der Waals surface area contributed by atoms with Crippen molar-refractivity contribution in [3.05, 3.63) is 29.8 Å². The van der Waals surface area contributed by atoms with E-state index in [1.165, 1.54) is 12.1 Å².